The number of fused-ring (bicyclic) bond motifs is 2. The van der Waals surface area contributed by atoms with Crippen molar-refractivity contribution in [3.8, 4) is 0 Å². The van der Waals surface area contributed by atoms with Gasteiger partial charge < -0.3 is 10.3 Å². The van der Waals surface area contributed by atoms with Crippen molar-refractivity contribution in [3.63, 3.8) is 0 Å². The summed E-state index contributed by atoms with van der Waals surface area (Å²) in [4.78, 5) is 8.20. The number of aromatic amines is 1. The van der Waals surface area contributed by atoms with Crippen molar-refractivity contribution >= 4 is 57.0 Å². The number of anilines is 1. The highest BCUT2D eigenvalue weighted by Gasteiger charge is 2.31. The topological polar surface area (TPSA) is 58.5 Å². The zero-order chi connectivity index (χ0) is 17.8. The van der Waals surface area contributed by atoms with Gasteiger partial charge in [0.1, 0.15) is 17.7 Å². The fraction of sp³-hybridized carbons (Fsp3) is 0.111. The van der Waals surface area contributed by atoms with Gasteiger partial charge in [0.2, 0.25) is 0 Å². The minimum Gasteiger partial charge on any atom is -0.344 e. The van der Waals surface area contributed by atoms with Crippen molar-refractivity contribution in [2.75, 3.05) is 5.32 Å². The molecule has 1 aliphatic rings. The molecular formula is C18H13Cl2N5S. The zero-order valence-corrected chi connectivity index (χ0v) is 16.0. The number of thiophene rings is 1. The molecule has 4 heterocycles. The van der Waals surface area contributed by atoms with Crippen molar-refractivity contribution in [2.24, 2.45) is 0 Å². The summed E-state index contributed by atoms with van der Waals surface area (Å²) < 4.78 is 1.94. The average molecular weight is 402 g/mol. The van der Waals surface area contributed by atoms with E-state index in [1.165, 1.54) is 0 Å². The molecule has 0 spiro atoms. The third-order valence-electron chi connectivity index (χ3n) is 4.55. The van der Waals surface area contributed by atoms with Gasteiger partial charge in [0.05, 0.1) is 27.3 Å². The van der Waals surface area contributed by atoms with Crippen molar-refractivity contribution < 1.29 is 0 Å². The standard InChI is InChI=1S/C18H13Cl2N5S/c1-9-16(18-23-13-7-26-8-14(13)24-18)17(25-15(22-9)4-5-21-25)10-2-3-11(19)12(20)6-10/h2-8,17,22H,1H3,(H,23,24). The fourth-order valence-corrected chi connectivity index (χ4v) is 4.38. The van der Waals surface area contributed by atoms with Gasteiger partial charge in [-0.1, -0.05) is 29.3 Å². The number of imidazole rings is 1. The molecule has 1 aromatic carbocycles. The second kappa shape index (κ2) is 5.87. The molecule has 0 bridgehead atoms. The largest absolute Gasteiger partial charge is 0.344 e. The van der Waals surface area contributed by atoms with Crippen LogP contribution in [-0.4, -0.2) is 19.7 Å². The van der Waals surface area contributed by atoms with E-state index in [4.69, 9.17) is 28.2 Å². The first-order valence-electron chi connectivity index (χ1n) is 8.00. The minimum atomic E-state index is -0.157. The van der Waals surface area contributed by atoms with E-state index < -0.39 is 0 Å². The maximum atomic E-state index is 6.30. The Labute approximate surface area is 163 Å². The molecule has 5 nitrogen and oxygen atoms in total. The summed E-state index contributed by atoms with van der Waals surface area (Å²) in [6.45, 7) is 2.05. The molecule has 0 saturated carbocycles. The van der Waals surface area contributed by atoms with Crippen LogP contribution in [0.4, 0.5) is 5.82 Å². The Morgan fingerprint density at radius 3 is 2.85 bits per heavy atom. The van der Waals surface area contributed by atoms with Gasteiger partial charge in [-0.2, -0.15) is 5.10 Å². The highest BCUT2D eigenvalue weighted by Crippen LogP contribution is 2.41. The summed E-state index contributed by atoms with van der Waals surface area (Å²) in [6.07, 6.45) is 1.78. The Kier molecular flexibility index (Phi) is 3.60. The van der Waals surface area contributed by atoms with Crippen molar-refractivity contribution in [1.82, 2.24) is 19.7 Å². The summed E-state index contributed by atoms with van der Waals surface area (Å²) in [5.41, 5.74) is 5.04. The van der Waals surface area contributed by atoms with Crippen molar-refractivity contribution in [3.05, 3.63) is 68.4 Å². The second-order valence-electron chi connectivity index (χ2n) is 6.16. The van der Waals surface area contributed by atoms with E-state index in [1.54, 1.807) is 17.5 Å². The predicted molar refractivity (Wildman–Crippen MR) is 107 cm³/mol. The summed E-state index contributed by atoms with van der Waals surface area (Å²) in [7, 11) is 0. The first kappa shape index (κ1) is 15.9. The molecule has 4 aromatic rings. The van der Waals surface area contributed by atoms with Crippen molar-refractivity contribution in [1.29, 1.82) is 0 Å². The van der Waals surface area contributed by atoms with Gasteiger partial charge in [0, 0.05) is 28.1 Å². The number of halogens is 2. The molecule has 26 heavy (non-hydrogen) atoms. The van der Waals surface area contributed by atoms with Gasteiger partial charge in [0.25, 0.3) is 0 Å². The molecule has 0 aliphatic carbocycles. The number of hydrogen-bond donors (Lipinski definition) is 2. The van der Waals surface area contributed by atoms with E-state index in [2.05, 4.69) is 20.8 Å². The molecule has 2 N–H and O–H groups in total. The summed E-state index contributed by atoms with van der Waals surface area (Å²) in [5.74, 6) is 1.75. The summed E-state index contributed by atoms with van der Waals surface area (Å²) >= 11 is 14.1. The monoisotopic (exact) mass is 401 g/mol. The van der Waals surface area contributed by atoms with Crippen LogP contribution in [0.25, 0.3) is 16.6 Å². The molecule has 1 atom stereocenters. The number of rotatable bonds is 2. The highest BCUT2D eigenvalue weighted by molar-refractivity contribution is 7.09. The molecule has 3 aromatic heterocycles. The Morgan fingerprint density at radius 1 is 1.15 bits per heavy atom. The van der Waals surface area contributed by atoms with Crippen LogP contribution in [-0.2, 0) is 0 Å². The van der Waals surface area contributed by atoms with Crippen LogP contribution in [0.1, 0.15) is 24.4 Å². The van der Waals surface area contributed by atoms with Gasteiger partial charge >= 0.3 is 0 Å². The molecule has 0 radical (unpaired) electrons. The van der Waals surface area contributed by atoms with Gasteiger partial charge in [0.15, 0.2) is 0 Å². The van der Waals surface area contributed by atoms with Crippen LogP contribution < -0.4 is 5.32 Å². The Bertz CT molecular complexity index is 1140. The summed E-state index contributed by atoms with van der Waals surface area (Å²) in [5, 5.41) is 13.1. The number of nitrogens with zero attached hydrogens (tertiary/aromatic N) is 3. The molecular weight excluding hydrogens is 389 g/mol. The number of aromatic nitrogens is 4. The molecule has 0 fully saturated rings. The number of allylic oxidation sites excluding steroid dienone is 2. The van der Waals surface area contributed by atoms with Crippen LogP contribution in [0.3, 0.4) is 0 Å². The van der Waals surface area contributed by atoms with Gasteiger partial charge in [-0.25, -0.2) is 9.67 Å². The summed E-state index contributed by atoms with van der Waals surface area (Å²) in [6, 6.07) is 7.48. The van der Waals surface area contributed by atoms with Crippen LogP contribution in [0, 0.1) is 0 Å². The predicted octanol–water partition coefficient (Wildman–Crippen LogP) is 5.57. The second-order valence-corrected chi connectivity index (χ2v) is 7.71. The van der Waals surface area contributed by atoms with Crippen LogP contribution >= 0.6 is 34.5 Å². The Hall–Kier alpha value is -2.28. The maximum Gasteiger partial charge on any atom is 0.138 e. The van der Waals surface area contributed by atoms with Crippen LogP contribution in [0.15, 0.2) is 46.9 Å². The van der Waals surface area contributed by atoms with Crippen LogP contribution in [0.5, 0.6) is 0 Å². The Morgan fingerprint density at radius 2 is 2.04 bits per heavy atom. The third-order valence-corrected chi connectivity index (χ3v) is 6.02. The normalized spacial score (nSPS) is 16.8. The lowest BCUT2D eigenvalue weighted by molar-refractivity contribution is 0.616. The quantitative estimate of drug-likeness (QED) is 0.461. The zero-order valence-electron chi connectivity index (χ0n) is 13.6. The lowest BCUT2D eigenvalue weighted by Gasteiger charge is -2.29. The molecule has 5 rings (SSSR count). The average Bonchev–Trinajstić information content (AvgIpc) is 3.31. The molecule has 0 saturated heterocycles. The first-order chi connectivity index (χ1) is 12.6. The van der Waals surface area contributed by atoms with Gasteiger partial charge in [-0.05, 0) is 24.6 Å². The number of hydrogen-bond acceptors (Lipinski definition) is 4. The van der Waals surface area contributed by atoms with Gasteiger partial charge in [-0.3, -0.25) is 0 Å². The number of H-pyrrole nitrogens is 1. The lowest BCUT2D eigenvalue weighted by atomic mass is 9.95. The van der Waals surface area contributed by atoms with E-state index >= 15 is 0 Å². The smallest absolute Gasteiger partial charge is 0.138 e. The van der Waals surface area contributed by atoms with E-state index in [0.29, 0.717) is 10.0 Å². The molecule has 0 amide bonds. The first-order valence-corrected chi connectivity index (χ1v) is 9.70. The molecule has 1 unspecified atom stereocenters. The molecule has 8 heteroatoms. The number of benzene rings is 1. The number of nitrogens with one attached hydrogen (secondary N) is 2. The highest BCUT2D eigenvalue weighted by atomic mass is 35.5. The van der Waals surface area contributed by atoms with E-state index in [9.17, 15) is 0 Å². The lowest BCUT2D eigenvalue weighted by Crippen LogP contribution is -2.24. The van der Waals surface area contributed by atoms with Gasteiger partial charge in [-0.15, -0.1) is 11.3 Å². The fourth-order valence-electron chi connectivity index (χ4n) is 3.38. The van der Waals surface area contributed by atoms with Crippen LogP contribution in [0.2, 0.25) is 10.0 Å². The van der Waals surface area contributed by atoms with Crippen molar-refractivity contribution in [2.45, 2.75) is 13.0 Å². The SMILES string of the molecule is CC1=C(c2nc3cscc3[nH]2)C(c2ccc(Cl)c(Cl)c2)n2nccc2N1. The molecule has 1 aliphatic heterocycles. The maximum absolute atomic E-state index is 6.30. The van der Waals surface area contributed by atoms with E-state index in [0.717, 1.165) is 39.5 Å². The molecule has 130 valence electrons. The van der Waals surface area contributed by atoms with E-state index in [1.807, 2.05) is 41.3 Å². The Balaban J connectivity index is 1.74. The van der Waals surface area contributed by atoms with E-state index in [-0.39, 0.29) is 6.04 Å². The third kappa shape index (κ3) is 2.37. The minimum absolute atomic E-state index is 0.157.